The second-order valence-electron chi connectivity index (χ2n) is 2.34. The molecule has 0 spiro atoms. The molecule has 7 heteroatoms. The second-order valence-corrected chi connectivity index (χ2v) is 2.34. The Morgan fingerprint density at radius 3 is 2.38 bits per heavy atom. The molecule has 0 radical (unpaired) electrons. The first-order chi connectivity index (χ1) is 6.04. The average Bonchev–Trinajstić information content (AvgIpc) is 2.02. The van der Waals surface area contributed by atoms with Crippen molar-refractivity contribution in [2.45, 2.75) is 0 Å². The molecule has 0 atom stereocenters. The van der Waals surface area contributed by atoms with E-state index in [2.05, 4.69) is 0 Å². The third-order valence-corrected chi connectivity index (χ3v) is 1.51. The first kappa shape index (κ1) is 9.49. The minimum Gasteiger partial charge on any atom is -0.508 e. The van der Waals surface area contributed by atoms with Crippen LogP contribution in [0.1, 0.15) is 0 Å². The number of benzene rings is 1. The van der Waals surface area contributed by atoms with Gasteiger partial charge in [0.1, 0.15) is 11.2 Å². The van der Waals surface area contributed by atoms with E-state index in [9.17, 15) is 10.1 Å². The third kappa shape index (κ3) is 1.77. The van der Waals surface area contributed by atoms with Gasteiger partial charge in [-0.1, -0.05) is 6.07 Å². The standard InChI is InChI=1S/C6H6BNO5/c9-5-3-1-2-4(8(12)13)6(5)7(10)11/h1-3,9-11H. The number of aromatic hydroxyl groups is 1. The van der Waals surface area contributed by atoms with Gasteiger partial charge in [-0.3, -0.25) is 10.1 Å². The zero-order chi connectivity index (χ0) is 10.0. The molecule has 68 valence electrons. The number of phenols is 1. The Balaban J connectivity index is 3.34. The summed E-state index contributed by atoms with van der Waals surface area (Å²) in [4.78, 5) is 9.55. The summed E-state index contributed by atoms with van der Waals surface area (Å²) >= 11 is 0. The van der Waals surface area contributed by atoms with Gasteiger partial charge in [0.15, 0.2) is 0 Å². The molecule has 0 aromatic heterocycles. The maximum Gasteiger partial charge on any atom is 0.499 e. The van der Waals surface area contributed by atoms with E-state index in [0.717, 1.165) is 12.1 Å². The number of nitro groups is 1. The lowest BCUT2D eigenvalue weighted by atomic mass is 9.78. The molecular formula is C6H6BNO5. The van der Waals surface area contributed by atoms with E-state index in [1.807, 2.05) is 0 Å². The molecule has 3 N–H and O–H groups in total. The second kappa shape index (κ2) is 3.42. The van der Waals surface area contributed by atoms with Gasteiger partial charge in [0.25, 0.3) is 5.69 Å². The van der Waals surface area contributed by atoms with Crippen LogP contribution in [0.5, 0.6) is 5.75 Å². The number of hydrogen-bond acceptors (Lipinski definition) is 5. The van der Waals surface area contributed by atoms with Crippen molar-refractivity contribution in [2.24, 2.45) is 0 Å². The van der Waals surface area contributed by atoms with Crippen molar-refractivity contribution in [3.05, 3.63) is 28.3 Å². The van der Waals surface area contributed by atoms with Crippen molar-refractivity contribution in [1.29, 1.82) is 0 Å². The number of nitro benzene ring substituents is 1. The van der Waals surface area contributed by atoms with Gasteiger partial charge in [0.05, 0.1) is 4.92 Å². The van der Waals surface area contributed by atoms with Gasteiger partial charge in [0.2, 0.25) is 0 Å². The molecular weight excluding hydrogens is 177 g/mol. The Morgan fingerprint density at radius 1 is 1.38 bits per heavy atom. The quantitative estimate of drug-likeness (QED) is 0.309. The Hall–Kier alpha value is -1.60. The largest absolute Gasteiger partial charge is 0.508 e. The first-order valence-corrected chi connectivity index (χ1v) is 3.36. The number of hydrogen-bond donors (Lipinski definition) is 3. The van der Waals surface area contributed by atoms with Crippen molar-refractivity contribution >= 4 is 18.3 Å². The molecule has 0 bridgehead atoms. The molecule has 1 rings (SSSR count). The fraction of sp³-hybridized carbons (Fsp3) is 0. The van der Waals surface area contributed by atoms with Crippen LogP contribution < -0.4 is 5.46 Å². The summed E-state index contributed by atoms with van der Waals surface area (Å²) in [6.07, 6.45) is 0. The third-order valence-electron chi connectivity index (χ3n) is 1.51. The first-order valence-electron chi connectivity index (χ1n) is 3.36. The number of rotatable bonds is 2. The monoisotopic (exact) mass is 183 g/mol. The predicted molar refractivity (Wildman–Crippen MR) is 44.6 cm³/mol. The molecule has 6 nitrogen and oxygen atoms in total. The van der Waals surface area contributed by atoms with Crippen molar-refractivity contribution < 1.29 is 20.1 Å². The van der Waals surface area contributed by atoms with Crippen LogP contribution in [0.25, 0.3) is 0 Å². The van der Waals surface area contributed by atoms with E-state index in [4.69, 9.17) is 15.2 Å². The van der Waals surface area contributed by atoms with E-state index in [0.29, 0.717) is 0 Å². The smallest absolute Gasteiger partial charge is 0.499 e. The van der Waals surface area contributed by atoms with Crippen LogP contribution in [0.3, 0.4) is 0 Å². The van der Waals surface area contributed by atoms with Crippen molar-refractivity contribution in [3.63, 3.8) is 0 Å². The van der Waals surface area contributed by atoms with E-state index < -0.39 is 28.9 Å². The van der Waals surface area contributed by atoms with Gasteiger partial charge in [-0.2, -0.15) is 0 Å². The van der Waals surface area contributed by atoms with Gasteiger partial charge >= 0.3 is 7.12 Å². The van der Waals surface area contributed by atoms with Gasteiger partial charge in [0, 0.05) is 6.07 Å². The van der Waals surface area contributed by atoms with Crippen molar-refractivity contribution in [3.8, 4) is 5.75 Å². The summed E-state index contributed by atoms with van der Waals surface area (Å²) in [6, 6.07) is 3.47. The summed E-state index contributed by atoms with van der Waals surface area (Å²) in [5.74, 6) is -0.510. The van der Waals surface area contributed by atoms with Gasteiger partial charge in [-0.25, -0.2) is 0 Å². The highest BCUT2D eigenvalue weighted by atomic mass is 16.6. The van der Waals surface area contributed by atoms with Gasteiger partial charge < -0.3 is 15.2 Å². The van der Waals surface area contributed by atoms with Crippen molar-refractivity contribution in [1.82, 2.24) is 0 Å². The highest BCUT2D eigenvalue weighted by molar-refractivity contribution is 6.61. The Labute approximate surface area is 73.4 Å². The average molecular weight is 183 g/mol. The molecule has 0 aliphatic carbocycles. The summed E-state index contributed by atoms with van der Waals surface area (Å²) < 4.78 is 0. The van der Waals surface area contributed by atoms with Crippen LogP contribution >= 0.6 is 0 Å². The minimum absolute atomic E-state index is 0.493. The van der Waals surface area contributed by atoms with Crippen LogP contribution in [0, 0.1) is 10.1 Å². The summed E-state index contributed by atoms with van der Waals surface area (Å²) in [6.45, 7) is 0. The molecule has 1 aromatic carbocycles. The lowest BCUT2D eigenvalue weighted by molar-refractivity contribution is -0.383. The van der Waals surface area contributed by atoms with Crippen LogP contribution in [0.15, 0.2) is 18.2 Å². The summed E-state index contributed by atoms with van der Waals surface area (Å²) in [5.41, 5.74) is -1.01. The normalized spacial score (nSPS) is 9.69. The highest BCUT2D eigenvalue weighted by Crippen LogP contribution is 2.15. The molecule has 1 aromatic rings. The number of phenolic OH excluding ortho intramolecular Hbond substituents is 1. The zero-order valence-corrected chi connectivity index (χ0v) is 6.41. The summed E-state index contributed by atoms with van der Waals surface area (Å²) in [5, 5.41) is 36.9. The molecule has 0 saturated carbocycles. The van der Waals surface area contributed by atoms with Crippen LogP contribution in [0.2, 0.25) is 0 Å². The molecule has 0 saturated heterocycles. The summed E-state index contributed by atoms with van der Waals surface area (Å²) in [7, 11) is -2.05. The molecule has 0 amide bonds. The van der Waals surface area contributed by atoms with E-state index in [-0.39, 0.29) is 0 Å². The highest BCUT2D eigenvalue weighted by Gasteiger charge is 2.27. The lowest BCUT2D eigenvalue weighted by Gasteiger charge is -2.02. The SMILES string of the molecule is O=[N+]([O-])c1cccc(O)c1B(O)O. The van der Waals surface area contributed by atoms with Crippen LogP contribution in [0.4, 0.5) is 5.69 Å². The Bertz CT molecular complexity index is 340. The fourth-order valence-corrected chi connectivity index (χ4v) is 0.965. The van der Waals surface area contributed by atoms with Crippen LogP contribution in [-0.4, -0.2) is 27.2 Å². The molecule has 0 aliphatic rings. The van der Waals surface area contributed by atoms with E-state index >= 15 is 0 Å². The fourth-order valence-electron chi connectivity index (χ4n) is 0.965. The molecule has 0 fully saturated rings. The number of nitrogens with zero attached hydrogens (tertiary/aromatic N) is 1. The lowest BCUT2D eigenvalue weighted by Crippen LogP contribution is -2.32. The molecule has 13 heavy (non-hydrogen) atoms. The molecule has 0 heterocycles. The molecule has 0 aliphatic heterocycles. The van der Waals surface area contributed by atoms with E-state index in [1.165, 1.54) is 6.07 Å². The van der Waals surface area contributed by atoms with Crippen molar-refractivity contribution in [2.75, 3.05) is 0 Å². The maximum absolute atomic E-state index is 10.4. The maximum atomic E-state index is 10.4. The van der Waals surface area contributed by atoms with Crippen LogP contribution in [-0.2, 0) is 0 Å². The topological polar surface area (TPSA) is 104 Å². The minimum atomic E-state index is -2.05. The van der Waals surface area contributed by atoms with Gasteiger partial charge in [-0.05, 0) is 6.07 Å². The van der Waals surface area contributed by atoms with Gasteiger partial charge in [-0.15, -0.1) is 0 Å². The predicted octanol–water partition coefficient (Wildman–Crippen LogP) is -1.02. The Kier molecular flexibility index (Phi) is 2.50. The Morgan fingerprint density at radius 2 is 2.00 bits per heavy atom. The van der Waals surface area contributed by atoms with E-state index in [1.54, 1.807) is 0 Å². The molecule has 0 unspecified atom stereocenters. The zero-order valence-electron chi connectivity index (χ0n) is 6.41.